The summed E-state index contributed by atoms with van der Waals surface area (Å²) in [6.45, 7) is 3.82. The molecule has 2 heterocycles. The summed E-state index contributed by atoms with van der Waals surface area (Å²) in [5, 5.41) is 11.1. The van der Waals surface area contributed by atoms with Crippen LogP contribution in [-0.4, -0.2) is 34.8 Å². The molecule has 3 aromatic rings. The maximum Gasteiger partial charge on any atom is 0.255 e. The molecule has 4 rings (SSSR count). The molecule has 5 nitrogen and oxygen atoms in total. The maximum absolute atomic E-state index is 13.3. The molecule has 1 fully saturated rings. The summed E-state index contributed by atoms with van der Waals surface area (Å²) >= 11 is 0. The Kier molecular flexibility index (Phi) is 5.21. The molecule has 144 valence electrons. The zero-order valence-electron chi connectivity index (χ0n) is 15.8. The van der Waals surface area contributed by atoms with Gasteiger partial charge < -0.3 is 10.6 Å². The van der Waals surface area contributed by atoms with E-state index in [0.29, 0.717) is 16.9 Å². The van der Waals surface area contributed by atoms with Gasteiger partial charge in [0.2, 0.25) is 0 Å². The van der Waals surface area contributed by atoms with Crippen molar-refractivity contribution in [2.24, 2.45) is 0 Å². The predicted molar refractivity (Wildman–Crippen MR) is 107 cm³/mol. The van der Waals surface area contributed by atoms with E-state index in [1.165, 1.54) is 12.1 Å². The third-order valence-corrected chi connectivity index (χ3v) is 5.02. The highest BCUT2D eigenvalue weighted by molar-refractivity contribution is 6.00. The normalized spacial score (nSPS) is 14.8. The molecule has 2 aromatic carbocycles. The topological polar surface area (TPSA) is 59.0 Å². The van der Waals surface area contributed by atoms with Crippen LogP contribution >= 0.6 is 0 Å². The number of hydrogen-bond acceptors (Lipinski definition) is 3. The second-order valence-corrected chi connectivity index (χ2v) is 7.18. The van der Waals surface area contributed by atoms with E-state index in [-0.39, 0.29) is 17.8 Å². The molecule has 1 aliphatic heterocycles. The highest BCUT2D eigenvalue weighted by Gasteiger charge is 2.22. The highest BCUT2D eigenvalue weighted by atomic mass is 19.1. The minimum atomic E-state index is -0.307. The monoisotopic (exact) mass is 378 g/mol. The van der Waals surface area contributed by atoms with Crippen LogP contribution in [-0.2, 0) is 0 Å². The van der Waals surface area contributed by atoms with Gasteiger partial charge in [-0.05, 0) is 63.2 Å². The first-order valence-electron chi connectivity index (χ1n) is 9.54. The first kappa shape index (κ1) is 18.4. The van der Waals surface area contributed by atoms with Crippen LogP contribution in [0.1, 0.15) is 28.8 Å². The van der Waals surface area contributed by atoms with Crippen LogP contribution in [0.15, 0.2) is 54.7 Å². The van der Waals surface area contributed by atoms with E-state index in [4.69, 9.17) is 0 Å². The predicted octanol–water partition coefficient (Wildman–Crippen LogP) is 3.47. The average molecular weight is 378 g/mol. The van der Waals surface area contributed by atoms with E-state index >= 15 is 0 Å². The number of carbonyl (C=O) groups is 1. The van der Waals surface area contributed by atoms with Crippen molar-refractivity contribution in [1.29, 1.82) is 0 Å². The van der Waals surface area contributed by atoms with Gasteiger partial charge in [-0.2, -0.15) is 5.10 Å². The quantitative estimate of drug-likeness (QED) is 0.731. The second kappa shape index (κ2) is 7.94. The number of hydrogen-bond donors (Lipinski definition) is 2. The summed E-state index contributed by atoms with van der Waals surface area (Å²) in [5.41, 5.74) is 3.83. The van der Waals surface area contributed by atoms with Crippen LogP contribution in [0.5, 0.6) is 0 Å². The molecule has 0 atom stereocenters. The van der Waals surface area contributed by atoms with Gasteiger partial charge in [0.25, 0.3) is 5.91 Å². The van der Waals surface area contributed by atoms with Crippen LogP contribution in [0.25, 0.3) is 16.9 Å². The summed E-state index contributed by atoms with van der Waals surface area (Å²) in [6, 6.07) is 14.2. The van der Waals surface area contributed by atoms with E-state index in [2.05, 4.69) is 15.7 Å². The van der Waals surface area contributed by atoms with Crippen molar-refractivity contribution in [2.45, 2.75) is 25.8 Å². The van der Waals surface area contributed by atoms with Crippen LogP contribution in [0, 0.1) is 12.7 Å². The molecule has 1 amide bonds. The summed E-state index contributed by atoms with van der Waals surface area (Å²) < 4.78 is 14.9. The average Bonchev–Trinajstić information content (AvgIpc) is 3.15. The van der Waals surface area contributed by atoms with Gasteiger partial charge in [0.15, 0.2) is 0 Å². The molecule has 0 aliphatic carbocycles. The van der Waals surface area contributed by atoms with Gasteiger partial charge >= 0.3 is 0 Å². The van der Waals surface area contributed by atoms with Gasteiger partial charge in [-0.25, -0.2) is 9.07 Å². The molecule has 0 spiro atoms. The highest BCUT2D eigenvalue weighted by Crippen LogP contribution is 2.25. The van der Waals surface area contributed by atoms with Crippen molar-refractivity contribution < 1.29 is 9.18 Å². The molecule has 28 heavy (non-hydrogen) atoms. The Hall–Kier alpha value is -2.99. The fourth-order valence-corrected chi connectivity index (χ4v) is 3.50. The van der Waals surface area contributed by atoms with E-state index in [1.54, 1.807) is 23.0 Å². The SMILES string of the molecule is Cc1cccc(-c2nn(-c3ccc(F)cc3)cc2C(=O)NC2CCNCC2)c1. The number of halogens is 1. The lowest BCUT2D eigenvalue weighted by molar-refractivity contribution is 0.0930. The molecule has 2 N–H and O–H groups in total. The van der Waals surface area contributed by atoms with Gasteiger partial charge in [0.05, 0.1) is 11.3 Å². The lowest BCUT2D eigenvalue weighted by atomic mass is 10.0. The van der Waals surface area contributed by atoms with Gasteiger partial charge in [0, 0.05) is 17.8 Å². The Morgan fingerprint density at radius 1 is 1.18 bits per heavy atom. The number of carbonyl (C=O) groups excluding carboxylic acids is 1. The second-order valence-electron chi connectivity index (χ2n) is 7.18. The molecule has 0 saturated carbocycles. The Morgan fingerprint density at radius 2 is 1.93 bits per heavy atom. The van der Waals surface area contributed by atoms with Crippen LogP contribution < -0.4 is 10.6 Å². The molecule has 1 aliphatic rings. The van der Waals surface area contributed by atoms with Gasteiger partial charge in [0.1, 0.15) is 11.5 Å². The van der Waals surface area contributed by atoms with Crippen LogP contribution in [0.2, 0.25) is 0 Å². The molecular formula is C22H23FN4O. The minimum absolute atomic E-state index is 0.128. The molecular weight excluding hydrogens is 355 g/mol. The first-order valence-corrected chi connectivity index (χ1v) is 9.54. The number of amides is 1. The summed E-state index contributed by atoms with van der Waals surface area (Å²) in [5.74, 6) is -0.435. The van der Waals surface area contributed by atoms with E-state index in [9.17, 15) is 9.18 Å². The fraction of sp³-hybridized carbons (Fsp3) is 0.273. The van der Waals surface area contributed by atoms with E-state index in [1.807, 2.05) is 31.2 Å². The van der Waals surface area contributed by atoms with Crippen molar-refractivity contribution in [3.63, 3.8) is 0 Å². The van der Waals surface area contributed by atoms with Gasteiger partial charge in [-0.15, -0.1) is 0 Å². The summed E-state index contributed by atoms with van der Waals surface area (Å²) in [6.07, 6.45) is 3.55. The lowest BCUT2D eigenvalue weighted by Crippen LogP contribution is -2.42. The van der Waals surface area contributed by atoms with E-state index in [0.717, 1.165) is 37.1 Å². The summed E-state index contributed by atoms with van der Waals surface area (Å²) in [7, 11) is 0. The van der Waals surface area contributed by atoms with Gasteiger partial charge in [-0.3, -0.25) is 4.79 Å². The molecule has 0 bridgehead atoms. The molecule has 0 unspecified atom stereocenters. The third kappa shape index (κ3) is 3.97. The van der Waals surface area contributed by atoms with Crippen molar-refractivity contribution in [3.05, 3.63) is 71.7 Å². The lowest BCUT2D eigenvalue weighted by Gasteiger charge is -2.23. The minimum Gasteiger partial charge on any atom is -0.349 e. The number of benzene rings is 2. The van der Waals surface area contributed by atoms with Crippen molar-refractivity contribution >= 4 is 5.91 Å². The Morgan fingerprint density at radius 3 is 2.64 bits per heavy atom. The van der Waals surface area contributed by atoms with Gasteiger partial charge in [-0.1, -0.05) is 23.8 Å². The first-order chi connectivity index (χ1) is 13.6. The zero-order chi connectivity index (χ0) is 19.5. The van der Waals surface area contributed by atoms with Crippen molar-refractivity contribution in [2.75, 3.05) is 13.1 Å². The molecule has 1 aromatic heterocycles. The number of aromatic nitrogens is 2. The molecule has 0 radical (unpaired) electrons. The molecule has 1 saturated heterocycles. The largest absolute Gasteiger partial charge is 0.349 e. The van der Waals surface area contributed by atoms with Crippen molar-refractivity contribution in [1.82, 2.24) is 20.4 Å². The van der Waals surface area contributed by atoms with Crippen LogP contribution in [0.3, 0.4) is 0 Å². The Labute approximate surface area is 163 Å². The zero-order valence-corrected chi connectivity index (χ0v) is 15.8. The number of piperidine rings is 1. The number of nitrogens with zero attached hydrogens (tertiary/aromatic N) is 2. The standard InChI is InChI=1S/C22H23FN4O/c1-15-3-2-4-16(13-15)21-20(22(28)25-18-9-11-24-12-10-18)14-27(26-21)19-7-5-17(23)6-8-19/h2-8,13-14,18,24H,9-12H2,1H3,(H,25,28). The van der Waals surface area contributed by atoms with E-state index < -0.39 is 0 Å². The number of nitrogens with one attached hydrogen (secondary N) is 2. The Balaban J connectivity index is 1.72. The third-order valence-electron chi connectivity index (χ3n) is 5.02. The summed E-state index contributed by atoms with van der Waals surface area (Å²) in [4.78, 5) is 13.0. The fourth-order valence-electron chi connectivity index (χ4n) is 3.50. The molecule has 6 heteroatoms. The van der Waals surface area contributed by atoms with Crippen molar-refractivity contribution in [3.8, 4) is 16.9 Å². The van der Waals surface area contributed by atoms with Crippen LogP contribution in [0.4, 0.5) is 4.39 Å². The number of aryl methyl sites for hydroxylation is 1. The Bertz CT molecular complexity index is 974. The smallest absolute Gasteiger partial charge is 0.255 e. The number of rotatable bonds is 4. The maximum atomic E-state index is 13.3.